The molecule has 118 valence electrons. The van der Waals surface area contributed by atoms with Crippen molar-refractivity contribution in [1.29, 1.82) is 0 Å². The van der Waals surface area contributed by atoms with E-state index in [1.807, 2.05) is 20.8 Å². The number of aliphatic carboxylic acids is 1. The van der Waals surface area contributed by atoms with Crippen LogP contribution in [0.25, 0.3) is 0 Å². The van der Waals surface area contributed by atoms with Crippen LogP contribution >= 0.6 is 0 Å². The summed E-state index contributed by atoms with van der Waals surface area (Å²) in [6.07, 6.45) is 3.14. The Balaban J connectivity index is 2.75. The standard InChI is InChI=1S/C16H32N2O2/c1-11(2)17-16(6,15(19)20)10-13(4)18-9-7-8-12(3)14(18)5/h11-14,17H,7-10H2,1-6H3,(H,19,20). The third-order valence-corrected chi connectivity index (χ3v) is 4.77. The minimum atomic E-state index is -0.853. The van der Waals surface area contributed by atoms with Gasteiger partial charge in [-0.15, -0.1) is 0 Å². The fraction of sp³-hybridized carbons (Fsp3) is 0.938. The molecular formula is C16H32N2O2. The lowest BCUT2D eigenvalue weighted by atomic mass is 9.87. The number of hydrogen-bond donors (Lipinski definition) is 2. The van der Waals surface area contributed by atoms with Gasteiger partial charge in [-0.1, -0.05) is 6.92 Å². The first kappa shape index (κ1) is 17.4. The van der Waals surface area contributed by atoms with Crippen molar-refractivity contribution in [1.82, 2.24) is 10.2 Å². The monoisotopic (exact) mass is 284 g/mol. The van der Waals surface area contributed by atoms with Crippen LogP contribution in [-0.4, -0.2) is 46.2 Å². The molecule has 0 spiro atoms. The summed E-state index contributed by atoms with van der Waals surface area (Å²) >= 11 is 0. The van der Waals surface area contributed by atoms with Gasteiger partial charge in [-0.3, -0.25) is 15.0 Å². The molecule has 0 amide bonds. The first-order valence-electron chi connectivity index (χ1n) is 7.94. The van der Waals surface area contributed by atoms with Crippen LogP contribution < -0.4 is 5.32 Å². The highest BCUT2D eigenvalue weighted by Gasteiger charge is 2.38. The first-order chi connectivity index (χ1) is 9.17. The highest BCUT2D eigenvalue weighted by Crippen LogP contribution is 2.28. The first-order valence-corrected chi connectivity index (χ1v) is 7.94. The van der Waals surface area contributed by atoms with Crippen molar-refractivity contribution in [3.05, 3.63) is 0 Å². The predicted molar refractivity (Wildman–Crippen MR) is 83.0 cm³/mol. The Hall–Kier alpha value is -0.610. The van der Waals surface area contributed by atoms with Gasteiger partial charge in [-0.2, -0.15) is 0 Å². The molecule has 0 aromatic carbocycles. The topological polar surface area (TPSA) is 52.6 Å². The van der Waals surface area contributed by atoms with Crippen molar-refractivity contribution >= 4 is 5.97 Å². The molecule has 0 radical (unpaired) electrons. The fourth-order valence-corrected chi connectivity index (χ4v) is 3.54. The molecule has 0 aliphatic carbocycles. The molecule has 0 aromatic rings. The van der Waals surface area contributed by atoms with Gasteiger partial charge in [0.05, 0.1) is 0 Å². The number of rotatable bonds is 6. The minimum absolute atomic E-state index is 0.168. The quantitative estimate of drug-likeness (QED) is 0.787. The maximum absolute atomic E-state index is 11.6. The lowest BCUT2D eigenvalue weighted by Crippen LogP contribution is -2.57. The van der Waals surface area contributed by atoms with E-state index in [1.165, 1.54) is 12.8 Å². The Bertz CT molecular complexity index is 332. The molecule has 1 aliphatic rings. The molecule has 4 nitrogen and oxygen atoms in total. The fourth-order valence-electron chi connectivity index (χ4n) is 3.54. The van der Waals surface area contributed by atoms with E-state index in [2.05, 4.69) is 31.0 Å². The van der Waals surface area contributed by atoms with Gasteiger partial charge in [0.2, 0.25) is 0 Å². The maximum atomic E-state index is 11.6. The van der Waals surface area contributed by atoms with E-state index in [1.54, 1.807) is 0 Å². The molecule has 4 unspecified atom stereocenters. The van der Waals surface area contributed by atoms with Crippen molar-refractivity contribution in [2.24, 2.45) is 5.92 Å². The van der Waals surface area contributed by atoms with Gasteiger partial charge in [-0.05, 0) is 66.3 Å². The van der Waals surface area contributed by atoms with Crippen LogP contribution in [0.1, 0.15) is 60.8 Å². The van der Waals surface area contributed by atoms with Gasteiger partial charge >= 0.3 is 5.97 Å². The number of nitrogens with zero attached hydrogens (tertiary/aromatic N) is 1. The zero-order chi connectivity index (χ0) is 15.5. The van der Waals surface area contributed by atoms with Crippen LogP contribution in [-0.2, 0) is 4.79 Å². The van der Waals surface area contributed by atoms with Crippen LogP contribution in [0.4, 0.5) is 0 Å². The van der Waals surface area contributed by atoms with Crippen LogP contribution in [0.3, 0.4) is 0 Å². The molecule has 1 aliphatic heterocycles. The number of hydrogen-bond acceptors (Lipinski definition) is 3. The summed E-state index contributed by atoms with van der Waals surface area (Å²) in [5, 5.41) is 12.8. The lowest BCUT2D eigenvalue weighted by molar-refractivity contribution is -0.145. The van der Waals surface area contributed by atoms with Gasteiger partial charge in [-0.25, -0.2) is 0 Å². The van der Waals surface area contributed by atoms with Crippen molar-refractivity contribution in [2.45, 2.75) is 84.5 Å². The van der Waals surface area contributed by atoms with E-state index in [0.717, 1.165) is 6.54 Å². The number of carboxylic acids is 1. The Kier molecular flexibility index (Phi) is 6.02. The Labute approximate surface area is 123 Å². The number of likely N-dealkylation sites (tertiary alicyclic amines) is 1. The Morgan fingerprint density at radius 1 is 1.40 bits per heavy atom. The van der Waals surface area contributed by atoms with E-state index >= 15 is 0 Å². The van der Waals surface area contributed by atoms with Crippen molar-refractivity contribution in [3.63, 3.8) is 0 Å². The second-order valence-electron chi connectivity index (χ2n) is 7.09. The third kappa shape index (κ3) is 4.19. The van der Waals surface area contributed by atoms with Gasteiger partial charge in [0.25, 0.3) is 0 Å². The molecular weight excluding hydrogens is 252 g/mol. The lowest BCUT2D eigenvalue weighted by Gasteiger charge is -2.44. The summed E-state index contributed by atoms with van der Waals surface area (Å²) in [5.41, 5.74) is -0.853. The SMILES string of the molecule is CC(C)NC(C)(CC(C)N1CCCC(C)C1C)C(=O)O. The Morgan fingerprint density at radius 2 is 2.00 bits per heavy atom. The van der Waals surface area contributed by atoms with Crippen LogP contribution in [0.15, 0.2) is 0 Å². The zero-order valence-electron chi connectivity index (χ0n) is 13.9. The second-order valence-corrected chi connectivity index (χ2v) is 7.09. The average Bonchev–Trinajstić information content (AvgIpc) is 2.31. The van der Waals surface area contributed by atoms with Gasteiger partial charge in [0.15, 0.2) is 0 Å². The molecule has 2 N–H and O–H groups in total. The van der Waals surface area contributed by atoms with E-state index in [9.17, 15) is 9.90 Å². The maximum Gasteiger partial charge on any atom is 0.323 e. The van der Waals surface area contributed by atoms with Crippen molar-refractivity contribution < 1.29 is 9.90 Å². The largest absolute Gasteiger partial charge is 0.480 e. The van der Waals surface area contributed by atoms with E-state index in [-0.39, 0.29) is 12.1 Å². The van der Waals surface area contributed by atoms with Gasteiger partial charge in [0, 0.05) is 18.1 Å². The van der Waals surface area contributed by atoms with Gasteiger partial charge < -0.3 is 5.11 Å². The number of carbonyl (C=O) groups is 1. The summed E-state index contributed by atoms with van der Waals surface area (Å²) in [6, 6.07) is 0.983. The molecule has 0 aromatic heterocycles. The molecule has 1 saturated heterocycles. The van der Waals surface area contributed by atoms with Gasteiger partial charge in [0.1, 0.15) is 5.54 Å². The molecule has 1 rings (SSSR count). The molecule has 1 heterocycles. The molecule has 4 heteroatoms. The minimum Gasteiger partial charge on any atom is -0.480 e. The van der Waals surface area contributed by atoms with Crippen molar-refractivity contribution in [2.75, 3.05) is 6.54 Å². The van der Waals surface area contributed by atoms with E-state index in [4.69, 9.17) is 0 Å². The van der Waals surface area contributed by atoms with Crippen LogP contribution in [0, 0.1) is 5.92 Å². The highest BCUT2D eigenvalue weighted by atomic mass is 16.4. The molecule has 0 bridgehead atoms. The average molecular weight is 284 g/mol. The van der Waals surface area contributed by atoms with Crippen LogP contribution in [0.2, 0.25) is 0 Å². The Morgan fingerprint density at radius 3 is 2.50 bits per heavy atom. The highest BCUT2D eigenvalue weighted by molar-refractivity contribution is 5.78. The van der Waals surface area contributed by atoms with E-state index < -0.39 is 11.5 Å². The molecule has 20 heavy (non-hydrogen) atoms. The summed E-state index contributed by atoms with van der Waals surface area (Å²) in [7, 11) is 0. The molecule has 1 fully saturated rings. The van der Waals surface area contributed by atoms with E-state index in [0.29, 0.717) is 18.4 Å². The van der Waals surface area contributed by atoms with Crippen LogP contribution in [0.5, 0.6) is 0 Å². The number of piperidine rings is 1. The second kappa shape index (κ2) is 6.90. The van der Waals surface area contributed by atoms with Crippen molar-refractivity contribution in [3.8, 4) is 0 Å². The smallest absolute Gasteiger partial charge is 0.323 e. The number of nitrogens with one attached hydrogen (secondary N) is 1. The normalized spacial score (nSPS) is 29.1. The molecule has 4 atom stereocenters. The predicted octanol–water partition coefficient (Wildman–Crippen LogP) is 2.73. The zero-order valence-corrected chi connectivity index (χ0v) is 13.9. The summed E-state index contributed by atoms with van der Waals surface area (Å²) < 4.78 is 0. The number of carboxylic acid groups (broad SMARTS) is 1. The third-order valence-electron chi connectivity index (χ3n) is 4.77. The molecule has 0 saturated carbocycles. The summed E-state index contributed by atoms with van der Waals surface area (Å²) in [4.78, 5) is 14.1. The summed E-state index contributed by atoms with van der Waals surface area (Å²) in [6.45, 7) is 13.6. The summed E-state index contributed by atoms with van der Waals surface area (Å²) in [5.74, 6) is -0.0592.